The number of aliphatic hydroxyl groups is 1. The molecular weight excluding hydrogens is 352 g/mol. The number of hydrogen-bond acceptors (Lipinski definition) is 5. The van der Waals surface area contributed by atoms with Crippen molar-refractivity contribution in [1.29, 1.82) is 0 Å². The van der Waals surface area contributed by atoms with Crippen LogP contribution >= 0.6 is 0 Å². The molecule has 0 spiro atoms. The van der Waals surface area contributed by atoms with Crippen molar-refractivity contribution in [2.45, 2.75) is 32.3 Å². The zero-order valence-electron chi connectivity index (χ0n) is 16.6. The second kappa shape index (κ2) is 8.29. The van der Waals surface area contributed by atoms with Gasteiger partial charge in [-0.2, -0.15) is 0 Å². The highest BCUT2D eigenvalue weighted by atomic mass is 16.5. The average Bonchev–Trinajstić information content (AvgIpc) is 3.10. The van der Waals surface area contributed by atoms with Gasteiger partial charge < -0.3 is 19.1 Å². The largest absolute Gasteiger partial charge is 0.477 e. The molecule has 0 radical (unpaired) electrons. The number of rotatable bonds is 6. The summed E-state index contributed by atoms with van der Waals surface area (Å²) < 4.78 is 7.86. The number of pyridine rings is 1. The van der Waals surface area contributed by atoms with Crippen molar-refractivity contribution in [2.24, 2.45) is 5.92 Å². The van der Waals surface area contributed by atoms with Gasteiger partial charge in [0.25, 0.3) is 0 Å². The lowest BCUT2D eigenvalue weighted by molar-refractivity contribution is 0.185. The maximum Gasteiger partial charge on any atom is 0.233 e. The predicted octanol–water partition coefficient (Wildman–Crippen LogP) is 3.56. The van der Waals surface area contributed by atoms with Crippen LogP contribution in [-0.2, 0) is 0 Å². The average molecular weight is 380 g/mol. The first-order chi connectivity index (χ1) is 13.6. The molecule has 148 valence electrons. The van der Waals surface area contributed by atoms with Crippen molar-refractivity contribution in [3.05, 3.63) is 48.2 Å². The number of fused-ring (bicyclic) bond motifs is 1. The molecule has 1 N–H and O–H groups in total. The van der Waals surface area contributed by atoms with E-state index in [1.54, 1.807) is 6.92 Å². The van der Waals surface area contributed by atoms with Crippen LogP contribution in [0.3, 0.4) is 0 Å². The Balaban J connectivity index is 1.45. The Bertz CT molecular complexity index is 912. The molecule has 0 aliphatic carbocycles. The molecule has 0 bridgehead atoms. The highest BCUT2D eigenvalue weighted by Crippen LogP contribution is 2.30. The van der Waals surface area contributed by atoms with Crippen LogP contribution in [0.2, 0.25) is 0 Å². The topological polar surface area (TPSA) is 62.9 Å². The molecule has 6 nitrogen and oxygen atoms in total. The molecule has 0 amide bonds. The van der Waals surface area contributed by atoms with Gasteiger partial charge in [-0.1, -0.05) is 6.07 Å². The fraction of sp³-hybridized carbons (Fsp3) is 0.455. The number of hydrogen-bond donors (Lipinski definition) is 1. The minimum Gasteiger partial charge on any atom is -0.477 e. The van der Waals surface area contributed by atoms with E-state index in [0.29, 0.717) is 12.5 Å². The maximum absolute atomic E-state index is 10.2. The van der Waals surface area contributed by atoms with E-state index in [0.717, 1.165) is 34.8 Å². The van der Waals surface area contributed by atoms with Crippen LogP contribution in [-0.4, -0.2) is 51.3 Å². The molecule has 3 aromatic heterocycles. The molecule has 1 aliphatic rings. The standard InChI is InChI=1S/C22H28N4O2/c1-16(27)19-15-18-5-3-4-11-26(18)22(19)20-6-7-21(24-23-20)28-14-10-17-8-12-25(2)13-9-17/h3-7,11,15-17,27H,8-10,12-14H2,1-2H3. The fourth-order valence-corrected chi connectivity index (χ4v) is 3.94. The van der Waals surface area contributed by atoms with Gasteiger partial charge in [0.1, 0.15) is 5.69 Å². The lowest BCUT2D eigenvalue weighted by Crippen LogP contribution is -2.30. The summed E-state index contributed by atoms with van der Waals surface area (Å²) in [4.78, 5) is 2.38. The summed E-state index contributed by atoms with van der Waals surface area (Å²) >= 11 is 0. The molecule has 3 aromatic rings. The summed E-state index contributed by atoms with van der Waals surface area (Å²) in [5.41, 5.74) is 3.46. The van der Waals surface area contributed by atoms with E-state index in [9.17, 15) is 5.11 Å². The van der Waals surface area contributed by atoms with Gasteiger partial charge in [0, 0.05) is 23.3 Å². The molecule has 1 atom stereocenters. The van der Waals surface area contributed by atoms with Crippen molar-refractivity contribution >= 4 is 5.52 Å². The second-order valence-corrected chi connectivity index (χ2v) is 7.76. The van der Waals surface area contributed by atoms with E-state index in [1.165, 1.54) is 25.9 Å². The molecule has 1 fully saturated rings. The van der Waals surface area contributed by atoms with Crippen LogP contribution in [0.5, 0.6) is 5.88 Å². The first kappa shape index (κ1) is 18.9. The Morgan fingerprint density at radius 2 is 2.00 bits per heavy atom. The summed E-state index contributed by atoms with van der Waals surface area (Å²) in [5.74, 6) is 1.29. The Morgan fingerprint density at radius 3 is 2.71 bits per heavy atom. The van der Waals surface area contributed by atoms with Gasteiger partial charge in [-0.25, -0.2) is 0 Å². The second-order valence-electron chi connectivity index (χ2n) is 7.76. The van der Waals surface area contributed by atoms with E-state index < -0.39 is 6.10 Å². The summed E-state index contributed by atoms with van der Waals surface area (Å²) in [6.45, 7) is 4.80. The van der Waals surface area contributed by atoms with Gasteiger partial charge in [-0.05, 0) is 76.5 Å². The highest BCUT2D eigenvalue weighted by molar-refractivity contribution is 5.69. The van der Waals surface area contributed by atoms with E-state index in [2.05, 4.69) is 22.1 Å². The Morgan fingerprint density at radius 1 is 1.18 bits per heavy atom. The summed E-state index contributed by atoms with van der Waals surface area (Å²) in [5, 5.41) is 18.8. The molecular formula is C22H28N4O2. The van der Waals surface area contributed by atoms with Crippen molar-refractivity contribution in [1.82, 2.24) is 19.5 Å². The van der Waals surface area contributed by atoms with Crippen molar-refractivity contribution < 1.29 is 9.84 Å². The van der Waals surface area contributed by atoms with E-state index >= 15 is 0 Å². The number of ether oxygens (including phenoxy) is 1. The third kappa shape index (κ3) is 4.03. The molecule has 4 heterocycles. The molecule has 28 heavy (non-hydrogen) atoms. The minimum atomic E-state index is -0.581. The summed E-state index contributed by atoms with van der Waals surface area (Å²) in [6.07, 6.45) is 4.95. The normalized spacial score (nSPS) is 17.1. The quantitative estimate of drug-likeness (QED) is 0.708. The van der Waals surface area contributed by atoms with Gasteiger partial charge in [0.2, 0.25) is 5.88 Å². The van der Waals surface area contributed by atoms with Crippen LogP contribution in [0.25, 0.3) is 16.9 Å². The van der Waals surface area contributed by atoms with Crippen molar-refractivity contribution in [3.63, 3.8) is 0 Å². The lowest BCUT2D eigenvalue weighted by atomic mass is 9.94. The Labute approximate surface area is 165 Å². The van der Waals surface area contributed by atoms with Crippen molar-refractivity contribution in [2.75, 3.05) is 26.7 Å². The fourth-order valence-electron chi connectivity index (χ4n) is 3.94. The third-order valence-corrected chi connectivity index (χ3v) is 5.66. The van der Waals surface area contributed by atoms with Gasteiger partial charge in [-0.15, -0.1) is 10.2 Å². The van der Waals surface area contributed by atoms with Gasteiger partial charge in [-0.3, -0.25) is 0 Å². The first-order valence-electron chi connectivity index (χ1n) is 10.1. The molecule has 1 saturated heterocycles. The number of aromatic nitrogens is 3. The number of nitrogens with zero attached hydrogens (tertiary/aromatic N) is 4. The molecule has 4 rings (SSSR count). The molecule has 0 aromatic carbocycles. The van der Waals surface area contributed by atoms with E-state index in [4.69, 9.17) is 4.74 Å². The lowest BCUT2D eigenvalue weighted by Gasteiger charge is -2.28. The smallest absolute Gasteiger partial charge is 0.233 e. The van der Waals surface area contributed by atoms with Gasteiger partial charge in [0.05, 0.1) is 18.4 Å². The summed E-state index contributed by atoms with van der Waals surface area (Å²) in [6, 6.07) is 11.7. The Hall–Kier alpha value is -2.44. The van der Waals surface area contributed by atoms with Crippen LogP contribution < -0.4 is 4.74 Å². The van der Waals surface area contributed by atoms with Crippen LogP contribution in [0.1, 0.15) is 37.9 Å². The Kier molecular flexibility index (Phi) is 5.59. The number of aliphatic hydroxyl groups excluding tert-OH is 1. The maximum atomic E-state index is 10.2. The summed E-state index contributed by atoms with van der Waals surface area (Å²) in [7, 11) is 2.18. The molecule has 1 unspecified atom stereocenters. The predicted molar refractivity (Wildman–Crippen MR) is 109 cm³/mol. The van der Waals surface area contributed by atoms with Crippen molar-refractivity contribution in [3.8, 4) is 17.3 Å². The molecule has 1 aliphatic heterocycles. The monoisotopic (exact) mass is 380 g/mol. The zero-order valence-corrected chi connectivity index (χ0v) is 16.6. The van der Waals surface area contributed by atoms with Crippen LogP contribution in [0.4, 0.5) is 0 Å². The third-order valence-electron chi connectivity index (χ3n) is 5.66. The molecule has 6 heteroatoms. The van der Waals surface area contributed by atoms with Gasteiger partial charge >= 0.3 is 0 Å². The number of piperidine rings is 1. The van der Waals surface area contributed by atoms with E-state index in [-0.39, 0.29) is 0 Å². The molecule has 0 saturated carbocycles. The SMILES string of the molecule is CC(O)c1cc2ccccn2c1-c1ccc(OCCC2CCN(C)CC2)nn1. The minimum absolute atomic E-state index is 0.552. The highest BCUT2D eigenvalue weighted by Gasteiger charge is 2.18. The zero-order chi connectivity index (χ0) is 19.5. The van der Waals surface area contributed by atoms with E-state index in [1.807, 2.05) is 47.0 Å². The van der Waals surface area contributed by atoms with Gasteiger partial charge in [0.15, 0.2) is 0 Å². The van der Waals surface area contributed by atoms with Crippen LogP contribution in [0.15, 0.2) is 42.6 Å². The van der Waals surface area contributed by atoms with Crippen LogP contribution in [0, 0.1) is 5.92 Å². The first-order valence-corrected chi connectivity index (χ1v) is 10.1. The number of likely N-dealkylation sites (tertiary alicyclic amines) is 1.